The van der Waals surface area contributed by atoms with Crippen LogP contribution in [0.5, 0.6) is 0 Å². The zero-order valence-electron chi connectivity index (χ0n) is 11.5. The molecule has 1 aromatic carbocycles. The van der Waals surface area contributed by atoms with Gasteiger partial charge >= 0.3 is 0 Å². The number of nitrogens with one attached hydrogen (secondary N) is 2. The normalized spacial score (nSPS) is 18.9. The smallest absolute Gasteiger partial charge is 0.279 e. The van der Waals surface area contributed by atoms with Gasteiger partial charge in [-0.25, -0.2) is 0 Å². The van der Waals surface area contributed by atoms with E-state index in [1.54, 1.807) is 0 Å². The van der Waals surface area contributed by atoms with Crippen LogP contribution in [0.15, 0.2) is 24.3 Å². The van der Waals surface area contributed by atoms with Crippen molar-refractivity contribution in [3.63, 3.8) is 0 Å². The molecular formula is C13H20ClN3O2S. The molecule has 1 aromatic rings. The zero-order chi connectivity index (χ0) is 14.6. The van der Waals surface area contributed by atoms with Gasteiger partial charge in [-0.2, -0.15) is 17.4 Å². The van der Waals surface area contributed by atoms with Gasteiger partial charge in [0.2, 0.25) is 0 Å². The largest absolute Gasteiger partial charge is 0.314 e. The fraction of sp³-hybridized carbons (Fsp3) is 0.538. The Morgan fingerprint density at radius 1 is 1.35 bits per heavy atom. The molecule has 1 unspecified atom stereocenters. The van der Waals surface area contributed by atoms with E-state index in [1.165, 1.54) is 4.31 Å². The van der Waals surface area contributed by atoms with Gasteiger partial charge in [-0.1, -0.05) is 29.8 Å². The highest BCUT2D eigenvalue weighted by Gasteiger charge is 2.25. The van der Waals surface area contributed by atoms with Gasteiger partial charge in [-0.05, 0) is 25.0 Å². The standard InChI is InChI=1S/C13H20ClN3O2S/c1-11(10-12-4-2-3-5-13(12)14)16-20(18,19)17-8-6-15-7-9-17/h2-5,11,15-16H,6-10H2,1H3. The molecule has 0 spiro atoms. The highest BCUT2D eigenvalue weighted by molar-refractivity contribution is 7.87. The molecule has 112 valence electrons. The summed E-state index contributed by atoms with van der Waals surface area (Å²) in [5.41, 5.74) is 0.949. The van der Waals surface area contributed by atoms with Crippen LogP contribution < -0.4 is 10.0 Å². The number of halogens is 1. The monoisotopic (exact) mass is 317 g/mol. The summed E-state index contributed by atoms with van der Waals surface area (Å²) >= 11 is 6.09. The topological polar surface area (TPSA) is 61.4 Å². The molecule has 0 aromatic heterocycles. The van der Waals surface area contributed by atoms with E-state index in [2.05, 4.69) is 10.0 Å². The molecule has 0 amide bonds. The lowest BCUT2D eigenvalue weighted by Gasteiger charge is -2.28. The van der Waals surface area contributed by atoms with E-state index in [4.69, 9.17) is 11.6 Å². The molecule has 20 heavy (non-hydrogen) atoms. The number of hydrogen-bond acceptors (Lipinski definition) is 3. The molecule has 0 saturated carbocycles. The highest BCUT2D eigenvalue weighted by atomic mass is 35.5. The van der Waals surface area contributed by atoms with Gasteiger partial charge in [0.15, 0.2) is 0 Å². The third-order valence-corrected chi connectivity index (χ3v) is 5.36. The Bertz CT molecular complexity index is 544. The molecule has 0 bridgehead atoms. The second kappa shape index (κ2) is 6.87. The first kappa shape index (κ1) is 15.7. The van der Waals surface area contributed by atoms with Gasteiger partial charge in [0, 0.05) is 37.2 Å². The third-order valence-electron chi connectivity index (χ3n) is 3.25. The summed E-state index contributed by atoms with van der Waals surface area (Å²) in [5, 5.41) is 3.80. The summed E-state index contributed by atoms with van der Waals surface area (Å²) in [6.45, 7) is 4.25. The van der Waals surface area contributed by atoms with Crippen molar-refractivity contribution in [2.75, 3.05) is 26.2 Å². The van der Waals surface area contributed by atoms with Crippen molar-refractivity contribution < 1.29 is 8.42 Å². The molecule has 7 heteroatoms. The molecule has 1 fully saturated rings. The molecule has 2 N–H and O–H groups in total. The van der Waals surface area contributed by atoms with Gasteiger partial charge in [0.05, 0.1) is 0 Å². The lowest BCUT2D eigenvalue weighted by molar-refractivity contribution is 0.352. The number of nitrogens with zero attached hydrogens (tertiary/aromatic N) is 1. The van der Waals surface area contributed by atoms with Crippen LogP contribution in [0.2, 0.25) is 5.02 Å². The van der Waals surface area contributed by atoms with Crippen LogP contribution in [0.4, 0.5) is 0 Å². The van der Waals surface area contributed by atoms with Gasteiger partial charge in [-0.15, -0.1) is 0 Å². The molecule has 2 rings (SSSR count). The van der Waals surface area contributed by atoms with Crippen molar-refractivity contribution in [1.82, 2.24) is 14.3 Å². The summed E-state index contributed by atoms with van der Waals surface area (Å²) in [4.78, 5) is 0. The number of rotatable bonds is 5. The molecule has 1 heterocycles. The second-order valence-corrected chi connectivity index (χ2v) is 7.08. The van der Waals surface area contributed by atoms with Crippen LogP contribution in [0.1, 0.15) is 12.5 Å². The average molecular weight is 318 g/mol. The van der Waals surface area contributed by atoms with Crippen molar-refractivity contribution in [2.45, 2.75) is 19.4 Å². The minimum absolute atomic E-state index is 0.199. The molecule has 5 nitrogen and oxygen atoms in total. The second-order valence-electron chi connectivity index (χ2n) is 4.97. The molecule has 0 aliphatic carbocycles. The van der Waals surface area contributed by atoms with E-state index in [9.17, 15) is 8.42 Å². The fourth-order valence-corrected chi connectivity index (χ4v) is 3.87. The van der Waals surface area contributed by atoms with Crippen molar-refractivity contribution in [2.24, 2.45) is 0 Å². The third kappa shape index (κ3) is 4.17. The maximum absolute atomic E-state index is 12.2. The SMILES string of the molecule is CC(Cc1ccccc1Cl)NS(=O)(=O)N1CCNCC1. The van der Waals surface area contributed by atoms with Crippen LogP contribution in [0.3, 0.4) is 0 Å². The summed E-state index contributed by atoms with van der Waals surface area (Å²) in [5.74, 6) is 0. The first-order valence-electron chi connectivity index (χ1n) is 6.70. The van der Waals surface area contributed by atoms with Crippen LogP contribution in [-0.2, 0) is 16.6 Å². The maximum Gasteiger partial charge on any atom is 0.279 e. The van der Waals surface area contributed by atoms with Crippen molar-refractivity contribution in [1.29, 1.82) is 0 Å². The minimum Gasteiger partial charge on any atom is -0.314 e. The molecular weight excluding hydrogens is 298 g/mol. The lowest BCUT2D eigenvalue weighted by Crippen LogP contribution is -2.52. The lowest BCUT2D eigenvalue weighted by atomic mass is 10.1. The molecule has 1 aliphatic heterocycles. The predicted octanol–water partition coefficient (Wildman–Crippen LogP) is 1.01. The summed E-state index contributed by atoms with van der Waals surface area (Å²) in [6.07, 6.45) is 0.574. The Morgan fingerprint density at radius 2 is 2.00 bits per heavy atom. The number of piperazine rings is 1. The van der Waals surface area contributed by atoms with Gasteiger partial charge in [0.25, 0.3) is 10.2 Å². The summed E-state index contributed by atoms with van der Waals surface area (Å²) in [6, 6.07) is 7.29. The fourth-order valence-electron chi connectivity index (χ4n) is 2.25. The molecule has 0 radical (unpaired) electrons. The van der Waals surface area contributed by atoms with Crippen molar-refractivity contribution in [3.8, 4) is 0 Å². The highest BCUT2D eigenvalue weighted by Crippen LogP contribution is 2.17. The van der Waals surface area contributed by atoms with E-state index in [1.807, 2.05) is 31.2 Å². The van der Waals surface area contributed by atoms with Crippen LogP contribution >= 0.6 is 11.6 Å². The quantitative estimate of drug-likeness (QED) is 0.852. The van der Waals surface area contributed by atoms with E-state index in [-0.39, 0.29) is 6.04 Å². The van der Waals surface area contributed by atoms with Gasteiger partial charge < -0.3 is 5.32 Å². The number of hydrogen-bond donors (Lipinski definition) is 2. The number of benzene rings is 1. The molecule has 1 saturated heterocycles. The first-order valence-corrected chi connectivity index (χ1v) is 8.52. The summed E-state index contributed by atoms with van der Waals surface area (Å²) < 4.78 is 28.6. The van der Waals surface area contributed by atoms with Crippen LogP contribution in [0.25, 0.3) is 0 Å². The Kier molecular flexibility index (Phi) is 5.40. The van der Waals surface area contributed by atoms with Gasteiger partial charge in [-0.3, -0.25) is 0 Å². The van der Waals surface area contributed by atoms with Crippen LogP contribution in [0, 0.1) is 0 Å². The Hall–Kier alpha value is -0.660. The Labute approximate surface area is 125 Å². The Morgan fingerprint density at radius 3 is 2.65 bits per heavy atom. The Balaban J connectivity index is 1.96. The van der Waals surface area contributed by atoms with Gasteiger partial charge in [0.1, 0.15) is 0 Å². The maximum atomic E-state index is 12.2. The van der Waals surface area contributed by atoms with Crippen LogP contribution in [-0.4, -0.2) is 44.9 Å². The van der Waals surface area contributed by atoms with E-state index in [0.29, 0.717) is 37.6 Å². The van der Waals surface area contributed by atoms with Crippen molar-refractivity contribution >= 4 is 21.8 Å². The van der Waals surface area contributed by atoms with E-state index < -0.39 is 10.2 Å². The minimum atomic E-state index is -3.42. The first-order chi connectivity index (χ1) is 9.49. The van der Waals surface area contributed by atoms with Crippen molar-refractivity contribution in [3.05, 3.63) is 34.9 Å². The predicted molar refractivity (Wildman–Crippen MR) is 81.1 cm³/mol. The zero-order valence-corrected chi connectivity index (χ0v) is 13.0. The van der Waals surface area contributed by atoms with E-state index >= 15 is 0 Å². The average Bonchev–Trinajstić information content (AvgIpc) is 2.42. The van der Waals surface area contributed by atoms with E-state index in [0.717, 1.165) is 5.56 Å². The molecule has 1 atom stereocenters. The summed E-state index contributed by atoms with van der Waals surface area (Å²) in [7, 11) is -3.42. The molecule has 1 aliphatic rings.